The topological polar surface area (TPSA) is 52.6 Å². The summed E-state index contributed by atoms with van der Waals surface area (Å²) in [4.78, 5) is 24.0. The molecular weight excluding hydrogens is 292 g/mol. The van der Waals surface area contributed by atoms with Crippen LogP contribution in [0.1, 0.15) is 59.3 Å². The quantitative estimate of drug-likeness (QED) is 0.732. The molecule has 3 unspecified atom stereocenters. The number of hydrogen-bond acceptors (Lipinski definition) is 4. The van der Waals surface area contributed by atoms with Gasteiger partial charge in [-0.1, -0.05) is 20.8 Å². The first-order valence-electron chi connectivity index (χ1n) is 9.28. The van der Waals surface area contributed by atoms with Gasteiger partial charge in [-0.2, -0.15) is 0 Å². The molecule has 128 valence electrons. The van der Waals surface area contributed by atoms with Gasteiger partial charge in [-0.25, -0.2) is 0 Å². The second-order valence-corrected chi connectivity index (χ2v) is 8.88. The zero-order valence-corrected chi connectivity index (χ0v) is 14.4. The fraction of sp³-hybridized carbons (Fsp3) is 0.895. The van der Waals surface area contributed by atoms with E-state index in [2.05, 4.69) is 13.8 Å². The lowest BCUT2D eigenvalue weighted by molar-refractivity contribution is -0.162. The Hall–Kier alpha value is -1.06. The van der Waals surface area contributed by atoms with E-state index in [4.69, 9.17) is 9.47 Å². The molecule has 0 amide bonds. The van der Waals surface area contributed by atoms with Gasteiger partial charge < -0.3 is 9.47 Å². The van der Waals surface area contributed by atoms with E-state index in [9.17, 15) is 9.59 Å². The highest BCUT2D eigenvalue weighted by atomic mass is 16.6. The molecule has 4 rings (SSSR count). The van der Waals surface area contributed by atoms with Crippen molar-refractivity contribution in [3.8, 4) is 0 Å². The minimum absolute atomic E-state index is 0.0128. The molecule has 0 N–H and O–H groups in total. The third-order valence-electron chi connectivity index (χ3n) is 7.06. The summed E-state index contributed by atoms with van der Waals surface area (Å²) in [6, 6.07) is 0. The zero-order valence-electron chi connectivity index (χ0n) is 14.4. The number of carbonyl (C=O) groups excluding carboxylic acids is 2. The van der Waals surface area contributed by atoms with Crippen LogP contribution in [-0.4, -0.2) is 24.1 Å². The minimum atomic E-state index is -0.0217. The summed E-state index contributed by atoms with van der Waals surface area (Å²) in [5.74, 6) is 1.73. The summed E-state index contributed by atoms with van der Waals surface area (Å²) >= 11 is 0. The van der Waals surface area contributed by atoms with Crippen LogP contribution in [0.3, 0.4) is 0 Å². The summed E-state index contributed by atoms with van der Waals surface area (Å²) in [5.41, 5.74) is 0.123. The van der Waals surface area contributed by atoms with Gasteiger partial charge in [0.25, 0.3) is 0 Å². The summed E-state index contributed by atoms with van der Waals surface area (Å²) in [6.07, 6.45) is 6.03. The van der Waals surface area contributed by atoms with Crippen molar-refractivity contribution in [2.45, 2.75) is 71.5 Å². The summed E-state index contributed by atoms with van der Waals surface area (Å²) in [5, 5.41) is 0. The van der Waals surface area contributed by atoms with Gasteiger partial charge >= 0.3 is 11.9 Å². The van der Waals surface area contributed by atoms with Crippen LogP contribution >= 0.6 is 0 Å². The number of esters is 2. The van der Waals surface area contributed by atoms with Gasteiger partial charge in [0.05, 0.1) is 11.8 Å². The molecular formula is C19H28O4. The van der Waals surface area contributed by atoms with E-state index >= 15 is 0 Å². The van der Waals surface area contributed by atoms with Crippen LogP contribution in [0, 0.1) is 35.0 Å². The van der Waals surface area contributed by atoms with Crippen LogP contribution in [-0.2, 0) is 19.1 Å². The molecule has 23 heavy (non-hydrogen) atoms. The van der Waals surface area contributed by atoms with Crippen molar-refractivity contribution in [2.75, 3.05) is 0 Å². The number of rotatable bonds is 2. The minimum Gasteiger partial charge on any atom is -0.462 e. The van der Waals surface area contributed by atoms with Crippen LogP contribution in [0.15, 0.2) is 0 Å². The Morgan fingerprint density at radius 2 is 1.96 bits per heavy atom. The maximum atomic E-state index is 12.0. The van der Waals surface area contributed by atoms with Gasteiger partial charge in [0.1, 0.15) is 12.2 Å². The number of ether oxygens (including phenoxy) is 2. The predicted octanol–water partition coefficient (Wildman–Crippen LogP) is 3.33. The normalized spacial score (nSPS) is 49.1. The number of carbonyl (C=O) groups is 2. The molecule has 3 aliphatic carbocycles. The van der Waals surface area contributed by atoms with Crippen molar-refractivity contribution in [1.29, 1.82) is 0 Å². The third kappa shape index (κ3) is 2.58. The van der Waals surface area contributed by atoms with Crippen molar-refractivity contribution < 1.29 is 19.1 Å². The maximum absolute atomic E-state index is 12.0. The molecule has 1 heterocycles. The van der Waals surface area contributed by atoms with E-state index in [-0.39, 0.29) is 41.4 Å². The van der Waals surface area contributed by atoms with Crippen LogP contribution in [0.2, 0.25) is 0 Å². The Labute approximate surface area is 138 Å². The van der Waals surface area contributed by atoms with Crippen LogP contribution in [0.4, 0.5) is 0 Å². The summed E-state index contributed by atoms with van der Waals surface area (Å²) < 4.78 is 11.5. The Kier molecular flexibility index (Phi) is 3.51. The first kappa shape index (κ1) is 15.5. The molecule has 0 aromatic heterocycles. The Bertz CT molecular complexity index is 525. The van der Waals surface area contributed by atoms with Gasteiger partial charge in [-0.3, -0.25) is 9.59 Å². The lowest BCUT2D eigenvalue weighted by atomic mass is 9.53. The van der Waals surface area contributed by atoms with Gasteiger partial charge in [0.15, 0.2) is 0 Å². The van der Waals surface area contributed by atoms with Crippen molar-refractivity contribution in [3.05, 3.63) is 0 Å². The molecule has 0 aromatic carbocycles. The SMILES string of the molecule is CC1C[C@H](OC(=O)C2CC2)C[C@]2(C)C[C@H]3OC(=O)C(C)[C@H]3CC12. The smallest absolute Gasteiger partial charge is 0.309 e. The van der Waals surface area contributed by atoms with E-state index in [0.29, 0.717) is 17.8 Å². The predicted molar refractivity (Wildman–Crippen MR) is 84.4 cm³/mol. The second-order valence-electron chi connectivity index (χ2n) is 8.88. The molecule has 0 bridgehead atoms. The molecule has 0 aromatic rings. The molecule has 4 nitrogen and oxygen atoms in total. The summed E-state index contributed by atoms with van der Waals surface area (Å²) in [7, 11) is 0. The van der Waals surface area contributed by atoms with Crippen molar-refractivity contribution in [1.82, 2.24) is 0 Å². The van der Waals surface area contributed by atoms with Gasteiger partial charge in [-0.15, -0.1) is 0 Å². The van der Waals surface area contributed by atoms with E-state index in [1.807, 2.05) is 6.92 Å². The van der Waals surface area contributed by atoms with Crippen molar-refractivity contribution >= 4 is 11.9 Å². The Morgan fingerprint density at radius 1 is 1.22 bits per heavy atom. The fourth-order valence-electron chi connectivity index (χ4n) is 5.58. The largest absolute Gasteiger partial charge is 0.462 e. The van der Waals surface area contributed by atoms with Crippen LogP contribution < -0.4 is 0 Å². The lowest BCUT2D eigenvalue weighted by Crippen LogP contribution is -2.50. The monoisotopic (exact) mass is 320 g/mol. The van der Waals surface area contributed by atoms with Crippen LogP contribution in [0.25, 0.3) is 0 Å². The zero-order chi connectivity index (χ0) is 16.4. The first-order chi connectivity index (χ1) is 10.9. The molecule has 1 saturated heterocycles. The third-order valence-corrected chi connectivity index (χ3v) is 7.06. The Morgan fingerprint density at radius 3 is 2.65 bits per heavy atom. The lowest BCUT2D eigenvalue weighted by Gasteiger charge is -2.53. The summed E-state index contributed by atoms with van der Waals surface area (Å²) in [6.45, 7) is 6.63. The highest BCUT2D eigenvalue weighted by Crippen LogP contribution is 2.57. The molecule has 1 aliphatic heterocycles. The first-order valence-corrected chi connectivity index (χ1v) is 9.28. The number of hydrogen-bond donors (Lipinski definition) is 0. The molecule has 4 aliphatic rings. The molecule has 7 atom stereocenters. The highest BCUT2D eigenvalue weighted by Gasteiger charge is 2.56. The standard InChI is InChI=1S/C19H28O4/c1-10-6-13(22-18(21)12-4-5-12)8-19(3)9-16-14(7-15(10)19)11(2)17(20)23-16/h10-16H,4-9H2,1-3H3/t10?,11?,13-,14+,15?,16+,19+/m0/s1. The molecule has 4 fully saturated rings. The average Bonchev–Trinajstić information content (AvgIpc) is 3.26. The molecule has 3 saturated carbocycles. The number of fused-ring (bicyclic) bond motifs is 2. The Balaban J connectivity index is 1.49. The van der Waals surface area contributed by atoms with E-state index < -0.39 is 0 Å². The highest BCUT2D eigenvalue weighted by molar-refractivity contribution is 5.75. The van der Waals surface area contributed by atoms with Crippen molar-refractivity contribution in [2.24, 2.45) is 35.0 Å². The van der Waals surface area contributed by atoms with Gasteiger partial charge in [-0.05, 0) is 55.8 Å². The van der Waals surface area contributed by atoms with Crippen LogP contribution in [0.5, 0.6) is 0 Å². The molecule has 4 heteroatoms. The van der Waals surface area contributed by atoms with Crippen molar-refractivity contribution in [3.63, 3.8) is 0 Å². The van der Waals surface area contributed by atoms with E-state index in [0.717, 1.165) is 38.5 Å². The van der Waals surface area contributed by atoms with E-state index in [1.165, 1.54) is 0 Å². The van der Waals surface area contributed by atoms with E-state index in [1.54, 1.807) is 0 Å². The molecule has 0 spiro atoms. The second kappa shape index (κ2) is 5.22. The van der Waals surface area contributed by atoms with Gasteiger partial charge in [0, 0.05) is 5.92 Å². The fourth-order valence-corrected chi connectivity index (χ4v) is 5.58. The van der Waals surface area contributed by atoms with Gasteiger partial charge in [0.2, 0.25) is 0 Å². The maximum Gasteiger partial charge on any atom is 0.309 e. The average molecular weight is 320 g/mol. The molecule has 0 radical (unpaired) electrons.